The first-order valence-corrected chi connectivity index (χ1v) is 10.3. The largest absolute Gasteiger partial charge is 0.325 e. The van der Waals surface area contributed by atoms with Crippen LogP contribution in [0.2, 0.25) is 0 Å². The third kappa shape index (κ3) is 3.99. The second-order valence-electron chi connectivity index (χ2n) is 6.24. The van der Waals surface area contributed by atoms with Gasteiger partial charge in [-0.25, -0.2) is 8.42 Å². The molecule has 132 valence electrons. The number of amides is 1. The second kappa shape index (κ2) is 6.72. The molecule has 2 aromatic rings. The van der Waals surface area contributed by atoms with Crippen LogP contribution in [0.15, 0.2) is 46.2 Å². The quantitative estimate of drug-likeness (QED) is 0.851. The highest BCUT2D eigenvalue weighted by Gasteiger charge is 2.22. The highest BCUT2D eigenvalue weighted by Crippen LogP contribution is 2.36. The molecule has 2 aromatic carbocycles. The lowest BCUT2D eigenvalue weighted by molar-refractivity contribution is -0.116. The van der Waals surface area contributed by atoms with E-state index in [9.17, 15) is 13.2 Å². The molecule has 1 unspecified atom stereocenters. The predicted molar refractivity (Wildman–Crippen MR) is 102 cm³/mol. The lowest BCUT2D eigenvalue weighted by Crippen LogP contribution is -2.15. The minimum atomic E-state index is -3.73. The molecule has 2 N–H and O–H groups in total. The van der Waals surface area contributed by atoms with E-state index in [0.29, 0.717) is 17.8 Å². The highest BCUT2D eigenvalue weighted by atomic mass is 32.2. The molecule has 0 aliphatic carbocycles. The summed E-state index contributed by atoms with van der Waals surface area (Å²) in [5, 5.41) is 2.94. The Balaban J connectivity index is 1.92. The monoisotopic (exact) mass is 376 g/mol. The van der Waals surface area contributed by atoms with Gasteiger partial charge in [0.1, 0.15) is 0 Å². The van der Waals surface area contributed by atoms with Crippen molar-refractivity contribution in [3.05, 3.63) is 47.5 Å². The predicted octanol–water partition coefficient (Wildman–Crippen LogP) is 3.93. The Bertz CT molecular complexity index is 939. The first-order chi connectivity index (χ1) is 11.7. The van der Waals surface area contributed by atoms with Gasteiger partial charge in [-0.1, -0.05) is 13.0 Å². The minimum absolute atomic E-state index is 0.101. The summed E-state index contributed by atoms with van der Waals surface area (Å²) in [7, 11) is -3.73. The van der Waals surface area contributed by atoms with Gasteiger partial charge in [0.25, 0.3) is 10.0 Å². The maximum atomic E-state index is 12.7. The van der Waals surface area contributed by atoms with Gasteiger partial charge in [-0.15, -0.1) is 11.8 Å². The molecule has 1 amide bonds. The van der Waals surface area contributed by atoms with Crippen molar-refractivity contribution in [1.82, 2.24) is 0 Å². The van der Waals surface area contributed by atoms with E-state index in [1.807, 2.05) is 26.8 Å². The maximum absolute atomic E-state index is 12.7. The van der Waals surface area contributed by atoms with Gasteiger partial charge in [0.2, 0.25) is 5.91 Å². The van der Waals surface area contributed by atoms with Gasteiger partial charge in [0.15, 0.2) is 0 Å². The summed E-state index contributed by atoms with van der Waals surface area (Å²) in [6, 6.07) is 10.2. The van der Waals surface area contributed by atoms with E-state index in [1.165, 1.54) is 6.07 Å². The number of nitrogens with one attached hydrogen (secondary N) is 2. The number of hydrogen-bond acceptors (Lipinski definition) is 4. The zero-order valence-electron chi connectivity index (χ0n) is 14.3. The van der Waals surface area contributed by atoms with E-state index in [2.05, 4.69) is 10.0 Å². The SMILES string of the molecule is Cc1ccc(NS(=O)(=O)c2ccc3c(c2)NC(=O)CC(C)S3)cc1C. The van der Waals surface area contributed by atoms with Crippen LogP contribution in [-0.2, 0) is 14.8 Å². The van der Waals surface area contributed by atoms with Crippen LogP contribution in [0, 0.1) is 13.8 Å². The van der Waals surface area contributed by atoms with E-state index >= 15 is 0 Å². The van der Waals surface area contributed by atoms with E-state index in [1.54, 1.807) is 36.0 Å². The molecule has 0 aromatic heterocycles. The molecule has 25 heavy (non-hydrogen) atoms. The zero-order valence-corrected chi connectivity index (χ0v) is 15.9. The van der Waals surface area contributed by atoms with Gasteiger partial charge >= 0.3 is 0 Å². The summed E-state index contributed by atoms with van der Waals surface area (Å²) in [6.07, 6.45) is 0.405. The van der Waals surface area contributed by atoms with Crippen LogP contribution in [0.25, 0.3) is 0 Å². The molecule has 5 nitrogen and oxygen atoms in total. The Morgan fingerprint density at radius 3 is 2.60 bits per heavy atom. The Hall–Kier alpha value is -1.99. The summed E-state index contributed by atoms with van der Waals surface area (Å²) in [5.74, 6) is -0.101. The summed E-state index contributed by atoms with van der Waals surface area (Å²) in [5.41, 5.74) is 3.18. The number of sulfonamides is 1. The van der Waals surface area contributed by atoms with Crippen LogP contribution in [0.5, 0.6) is 0 Å². The second-order valence-corrected chi connectivity index (χ2v) is 9.41. The number of benzene rings is 2. The fraction of sp³-hybridized carbons (Fsp3) is 0.278. The van der Waals surface area contributed by atoms with Crippen molar-refractivity contribution in [3.63, 3.8) is 0 Å². The fourth-order valence-corrected chi connectivity index (χ4v) is 4.74. The van der Waals surface area contributed by atoms with Gasteiger partial charge in [0.05, 0.1) is 10.6 Å². The van der Waals surface area contributed by atoms with Crippen LogP contribution in [-0.4, -0.2) is 19.6 Å². The number of carbonyl (C=O) groups is 1. The number of rotatable bonds is 3. The van der Waals surface area contributed by atoms with Crippen LogP contribution in [0.3, 0.4) is 0 Å². The molecule has 0 bridgehead atoms. The van der Waals surface area contributed by atoms with Crippen molar-refractivity contribution in [1.29, 1.82) is 0 Å². The van der Waals surface area contributed by atoms with E-state index < -0.39 is 10.0 Å². The van der Waals surface area contributed by atoms with Crippen molar-refractivity contribution in [2.45, 2.75) is 42.2 Å². The molecule has 0 saturated carbocycles. The number of thioether (sulfide) groups is 1. The molecule has 1 aliphatic heterocycles. The Morgan fingerprint density at radius 1 is 1.12 bits per heavy atom. The first kappa shape index (κ1) is 17.8. The van der Waals surface area contributed by atoms with Gasteiger partial charge in [0, 0.05) is 22.3 Å². The normalized spacial score (nSPS) is 17.4. The van der Waals surface area contributed by atoms with E-state index in [0.717, 1.165) is 16.0 Å². The van der Waals surface area contributed by atoms with Crippen LogP contribution < -0.4 is 10.0 Å². The number of anilines is 2. The Labute approximate surface area is 152 Å². The highest BCUT2D eigenvalue weighted by molar-refractivity contribution is 8.00. The fourth-order valence-electron chi connectivity index (χ4n) is 2.62. The minimum Gasteiger partial charge on any atom is -0.325 e. The van der Waals surface area contributed by atoms with Crippen LogP contribution in [0.4, 0.5) is 11.4 Å². The van der Waals surface area contributed by atoms with Crippen molar-refractivity contribution >= 4 is 39.1 Å². The molecule has 1 heterocycles. The van der Waals surface area contributed by atoms with Crippen LogP contribution in [0.1, 0.15) is 24.5 Å². The number of hydrogen-bond donors (Lipinski definition) is 2. The van der Waals surface area contributed by atoms with Crippen molar-refractivity contribution < 1.29 is 13.2 Å². The molecule has 0 saturated heterocycles. The molecular weight excluding hydrogens is 356 g/mol. The lowest BCUT2D eigenvalue weighted by Gasteiger charge is -2.12. The molecular formula is C18H20N2O3S2. The number of carbonyl (C=O) groups excluding carboxylic acids is 1. The van der Waals surface area contributed by atoms with Gasteiger partial charge in [-0.3, -0.25) is 9.52 Å². The van der Waals surface area contributed by atoms with Crippen molar-refractivity contribution in [3.8, 4) is 0 Å². The number of fused-ring (bicyclic) bond motifs is 1. The lowest BCUT2D eigenvalue weighted by atomic mass is 10.1. The summed E-state index contributed by atoms with van der Waals surface area (Å²) in [4.78, 5) is 12.9. The zero-order chi connectivity index (χ0) is 18.2. The third-order valence-corrected chi connectivity index (χ3v) is 6.65. The molecule has 0 spiro atoms. The van der Waals surface area contributed by atoms with Crippen molar-refractivity contribution in [2.75, 3.05) is 10.0 Å². The smallest absolute Gasteiger partial charge is 0.261 e. The average Bonchev–Trinajstić information content (AvgIpc) is 2.66. The molecule has 0 radical (unpaired) electrons. The van der Waals surface area contributed by atoms with Gasteiger partial charge in [-0.2, -0.15) is 0 Å². The van der Waals surface area contributed by atoms with E-state index in [-0.39, 0.29) is 16.1 Å². The molecule has 1 aliphatic rings. The Kier molecular flexibility index (Phi) is 4.79. The molecule has 0 fully saturated rings. The molecule has 7 heteroatoms. The Morgan fingerprint density at radius 2 is 1.88 bits per heavy atom. The van der Waals surface area contributed by atoms with Crippen LogP contribution >= 0.6 is 11.8 Å². The van der Waals surface area contributed by atoms with Crippen molar-refractivity contribution in [2.24, 2.45) is 0 Å². The molecule has 1 atom stereocenters. The topological polar surface area (TPSA) is 75.3 Å². The van der Waals surface area contributed by atoms with E-state index in [4.69, 9.17) is 0 Å². The summed E-state index contributed by atoms with van der Waals surface area (Å²) in [6.45, 7) is 5.89. The average molecular weight is 377 g/mol. The van der Waals surface area contributed by atoms with Gasteiger partial charge < -0.3 is 5.32 Å². The maximum Gasteiger partial charge on any atom is 0.261 e. The first-order valence-electron chi connectivity index (χ1n) is 7.95. The number of aryl methyl sites for hydroxylation is 2. The summed E-state index contributed by atoms with van der Waals surface area (Å²) < 4.78 is 28.0. The summed E-state index contributed by atoms with van der Waals surface area (Å²) >= 11 is 1.56. The van der Waals surface area contributed by atoms with Gasteiger partial charge in [-0.05, 0) is 55.3 Å². The third-order valence-electron chi connectivity index (χ3n) is 4.10. The molecule has 3 rings (SSSR count). The standard InChI is InChI=1S/C18H20N2O3S2/c1-11-4-5-14(8-12(11)2)20-25(22,23)15-6-7-17-16(10-15)19-18(21)9-13(3)24-17/h4-8,10,13,20H,9H2,1-3H3,(H,19,21).